The maximum absolute atomic E-state index is 6.24. The molecular weight excluding hydrogens is 224 g/mol. The Morgan fingerprint density at radius 3 is 2.56 bits per heavy atom. The Morgan fingerprint density at radius 2 is 2.00 bits per heavy atom. The number of hydrogen-bond acceptors (Lipinski definition) is 3. The van der Waals surface area contributed by atoms with Gasteiger partial charge in [-0.3, -0.25) is 0 Å². The summed E-state index contributed by atoms with van der Waals surface area (Å²) in [5, 5.41) is 0. The van der Waals surface area contributed by atoms with Crippen LogP contribution in [0.5, 0.6) is 0 Å². The van der Waals surface area contributed by atoms with Gasteiger partial charge in [0.15, 0.2) is 0 Å². The lowest BCUT2D eigenvalue weighted by Gasteiger charge is -2.21. The third-order valence-electron chi connectivity index (χ3n) is 3.40. The highest BCUT2D eigenvalue weighted by atomic mass is 15.2. The zero-order chi connectivity index (χ0) is 13.5. The number of imidazole rings is 1. The highest BCUT2D eigenvalue weighted by Crippen LogP contribution is 2.18. The third kappa shape index (κ3) is 4.42. The molecule has 0 saturated carbocycles. The van der Waals surface area contributed by atoms with E-state index in [-0.39, 0.29) is 6.04 Å². The van der Waals surface area contributed by atoms with Crippen molar-refractivity contribution in [1.29, 1.82) is 0 Å². The second-order valence-corrected chi connectivity index (χ2v) is 5.27. The van der Waals surface area contributed by atoms with Crippen LogP contribution in [-0.2, 0) is 6.54 Å². The predicted molar refractivity (Wildman–Crippen MR) is 76.4 cm³/mol. The average molecular weight is 252 g/mol. The average Bonchev–Trinajstić information content (AvgIpc) is 2.78. The molecule has 0 aliphatic rings. The molecule has 0 aromatic carbocycles. The molecule has 1 atom stereocenters. The summed E-state index contributed by atoms with van der Waals surface area (Å²) >= 11 is 0. The Hall–Kier alpha value is -0.870. The van der Waals surface area contributed by atoms with Gasteiger partial charge in [0.1, 0.15) is 0 Å². The minimum atomic E-state index is 0.101. The maximum Gasteiger partial charge on any atom is 0.0949 e. The van der Waals surface area contributed by atoms with E-state index in [0.29, 0.717) is 5.92 Å². The number of nitrogens with two attached hydrogens (primary N) is 1. The minimum Gasteiger partial charge on any atom is -0.332 e. The lowest BCUT2D eigenvalue weighted by molar-refractivity contribution is 0.288. The Kier molecular flexibility index (Phi) is 6.36. The summed E-state index contributed by atoms with van der Waals surface area (Å²) in [5.74, 6) is 0.617. The zero-order valence-corrected chi connectivity index (χ0v) is 12.3. The van der Waals surface area contributed by atoms with Gasteiger partial charge >= 0.3 is 0 Å². The molecule has 0 aliphatic carbocycles. The summed E-state index contributed by atoms with van der Waals surface area (Å²) in [6, 6.07) is 0.101. The fourth-order valence-corrected chi connectivity index (χ4v) is 2.24. The van der Waals surface area contributed by atoms with E-state index in [1.807, 2.05) is 12.5 Å². The van der Waals surface area contributed by atoms with Gasteiger partial charge in [0, 0.05) is 25.3 Å². The van der Waals surface area contributed by atoms with E-state index in [4.69, 9.17) is 5.73 Å². The number of likely N-dealkylation sites (N-methyl/N-ethyl adjacent to an activating group) is 1. The molecule has 0 spiro atoms. The molecule has 0 fully saturated rings. The molecule has 104 valence electrons. The van der Waals surface area contributed by atoms with Crippen LogP contribution < -0.4 is 5.73 Å². The standard InChI is InChI=1S/C14H28N4/c1-5-17(6-2)7-8-18-11-16-10-14(18)13(15)9-12(3)4/h10-13H,5-9,15H2,1-4H3. The first-order valence-corrected chi connectivity index (χ1v) is 7.06. The molecule has 4 nitrogen and oxygen atoms in total. The normalized spacial score (nSPS) is 13.5. The third-order valence-corrected chi connectivity index (χ3v) is 3.40. The number of nitrogens with zero attached hydrogens (tertiary/aromatic N) is 3. The van der Waals surface area contributed by atoms with Gasteiger partial charge in [-0.2, -0.15) is 0 Å². The smallest absolute Gasteiger partial charge is 0.0949 e. The summed E-state index contributed by atoms with van der Waals surface area (Å²) in [5.41, 5.74) is 7.40. The van der Waals surface area contributed by atoms with E-state index in [0.717, 1.165) is 38.3 Å². The van der Waals surface area contributed by atoms with Crippen molar-refractivity contribution < 1.29 is 0 Å². The van der Waals surface area contributed by atoms with Crippen molar-refractivity contribution >= 4 is 0 Å². The summed E-state index contributed by atoms with van der Waals surface area (Å²) in [6.07, 6.45) is 4.82. The molecule has 0 aliphatic heterocycles. The maximum atomic E-state index is 6.24. The predicted octanol–water partition coefficient (Wildman–Crippen LogP) is 2.27. The molecule has 0 bridgehead atoms. The molecular formula is C14H28N4. The van der Waals surface area contributed by atoms with E-state index in [9.17, 15) is 0 Å². The lowest BCUT2D eigenvalue weighted by Crippen LogP contribution is -2.28. The fourth-order valence-electron chi connectivity index (χ4n) is 2.24. The molecule has 1 aromatic rings. The molecule has 1 unspecified atom stereocenters. The molecule has 18 heavy (non-hydrogen) atoms. The zero-order valence-electron chi connectivity index (χ0n) is 12.3. The van der Waals surface area contributed by atoms with Gasteiger partial charge in [0.25, 0.3) is 0 Å². The van der Waals surface area contributed by atoms with Crippen LogP contribution in [0.2, 0.25) is 0 Å². The van der Waals surface area contributed by atoms with Crippen LogP contribution in [0.25, 0.3) is 0 Å². The number of hydrogen-bond donors (Lipinski definition) is 1. The molecule has 4 heteroatoms. The quantitative estimate of drug-likeness (QED) is 0.772. The highest BCUT2D eigenvalue weighted by molar-refractivity contribution is 5.04. The largest absolute Gasteiger partial charge is 0.332 e. The van der Waals surface area contributed by atoms with E-state index in [1.165, 1.54) is 0 Å². The van der Waals surface area contributed by atoms with Gasteiger partial charge in [0.05, 0.1) is 12.0 Å². The SMILES string of the molecule is CCN(CC)CCn1cncc1C(N)CC(C)C. The fraction of sp³-hybridized carbons (Fsp3) is 0.786. The first-order chi connectivity index (χ1) is 8.58. The highest BCUT2D eigenvalue weighted by Gasteiger charge is 2.13. The van der Waals surface area contributed by atoms with Crippen molar-refractivity contribution in [3.8, 4) is 0 Å². The van der Waals surface area contributed by atoms with Crippen LogP contribution in [0.3, 0.4) is 0 Å². The summed E-state index contributed by atoms with van der Waals surface area (Å²) in [6.45, 7) is 13.0. The van der Waals surface area contributed by atoms with Crippen LogP contribution in [0.15, 0.2) is 12.5 Å². The second kappa shape index (κ2) is 7.54. The molecule has 0 saturated heterocycles. The Bertz CT molecular complexity index is 328. The molecule has 1 aromatic heterocycles. The van der Waals surface area contributed by atoms with Gasteiger partial charge in [-0.25, -0.2) is 4.98 Å². The van der Waals surface area contributed by atoms with Crippen LogP contribution in [-0.4, -0.2) is 34.1 Å². The topological polar surface area (TPSA) is 47.1 Å². The lowest BCUT2D eigenvalue weighted by atomic mass is 10.0. The van der Waals surface area contributed by atoms with E-state index < -0.39 is 0 Å². The Morgan fingerprint density at radius 1 is 1.33 bits per heavy atom. The van der Waals surface area contributed by atoms with E-state index in [2.05, 4.69) is 42.1 Å². The van der Waals surface area contributed by atoms with Crippen LogP contribution >= 0.6 is 0 Å². The minimum absolute atomic E-state index is 0.101. The summed E-state index contributed by atoms with van der Waals surface area (Å²) in [4.78, 5) is 6.66. The van der Waals surface area contributed by atoms with Crippen molar-refractivity contribution in [3.05, 3.63) is 18.2 Å². The van der Waals surface area contributed by atoms with Crippen molar-refractivity contribution in [2.24, 2.45) is 11.7 Å². The Balaban J connectivity index is 2.59. The van der Waals surface area contributed by atoms with Crippen LogP contribution in [0.1, 0.15) is 45.9 Å². The van der Waals surface area contributed by atoms with Gasteiger partial charge in [-0.1, -0.05) is 27.7 Å². The van der Waals surface area contributed by atoms with Crippen molar-refractivity contribution in [1.82, 2.24) is 14.5 Å². The first-order valence-electron chi connectivity index (χ1n) is 7.06. The molecule has 1 heterocycles. The van der Waals surface area contributed by atoms with E-state index in [1.54, 1.807) is 0 Å². The number of aromatic nitrogens is 2. The first kappa shape index (κ1) is 15.2. The van der Waals surface area contributed by atoms with Gasteiger partial charge in [-0.05, 0) is 25.4 Å². The van der Waals surface area contributed by atoms with Crippen LogP contribution in [0.4, 0.5) is 0 Å². The molecule has 0 radical (unpaired) electrons. The Labute approximate surface area is 111 Å². The van der Waals surface area contributed by atoms with E-state index >= 15 is 0 Å². The van der Waals surface area contributed by atoms with Crippen molar-refractivity contribution in [2.75, 3.05) is 19.6 Å². The molecule has 2 N–H and O–H groups in total. The van der Waals surface area contributed by atoms with Crippen molar-refractivity contribution in [2.45, 2.75) is 46.7 Å². The summed E-state index contributed by atoms with van der Waals surface area (Å²) in [7, 11) is 0. The summed E-state index contributed by atoms with van der Waals surface area (Å²) < 4.78 is 2.20. The van der Waals surface area contributed by atoms with Gasteiger partial charge in [-0.15, -0.1) is 0 Å². The number of rotatable bonds is 8. The van der Waals surface area contributed by atoms with Crippen LogP contribution in [0, 0.1) is 5.92 Å². The van der Waals surface area contributed by atoms with Gasteiger partial charge in [0.2, 0.25) is 0 Å². The molecule has 1 rings (SSSR count). The van der Waals surface area contributed by atoms with Gasteiger partial charge < -0.3 is 15.2 Å². The van der Waals surface area contributed by atoms with Crippen molar-refractivity contribution in [3.63, 3.8) is 0 Å². The molecule has 0 amide bonds. The second-order valence-electron chi connectivity index (χ2n) is 5.27. The monoisotopic (exact) mass is 252 g/mol.